The Balaban J connectivity index is 1.25. The van der Waals surface area contributed by atoms with Crippen molar-refractivity contribution in [2.45, 2.75) is 31.5 Å². The van der Waals surface area contributed by atoms with Gasteiger partial charge in [-0.15, -0.1) is 10.2 Å². The molecule has 0 bridgehead atoms. The van der Waals surface area contributed by atoms with E-state index in [2.05, 4.69) is 20.7 Å². The van der Waals surface area contributed by atoms with Gasteiger partial charge in [-0.2, -0.15) is 4.80 Å². The number of nitrogens with one attached hydrogen (secondary N) is 1. The normalized spacial score (nSPS) is 19.0. The van der Waals surface area contributed by atoms with Gasteiger partial charge in [-0.3, -0.25) is 4.79 Å². The molecule has 1 aromatic heterocycles. The van der Waals surface area contributed by atoms with Gasteiger partial charge in [0.1, 0.15) is 6.54 Å². The molecule has 0 spiro atoms. The molecule has 2 fully saturated rings. The minimum Gasteiger partial charge on any atom is -0.381 e. The number of nitrogens with zero attached hydrogens (tertiary/aromatic N) is 5. The Hall–Kier alpha value is -2.32. The molecule has 25 heavy (non-hydrogen) atoms. The second-order valence-electron chi connectivity index (χ2n) is 6.56. The van der Waals surface area contributed by atoms with Gasteiger partial charge in [0.2, 0.25) is 11.7 Å². The third-order valence-electron chi connectivity index (χ3n) is 4.69. The average Bonchev–Trinajstić information content (AvgIpc) is 3.08. The lowest BCUT2D eigenvalue weighted by Gasteiger charge is -2.42. The van der Waals surface area contributed by atoms with Crippen molar-refractivity contribution in [2.75, 3.05) is 26.3 Å². The molecule has 1 N–H and O–H groups in total. The SMILES string of the molecule is O=C(Cn1nnc(-c2ccccc2)n1)N1CC(NC2CCOCC2)C1. The number of tetrazole rings is 1. The summed E-state index contributed by atoms with van der Waals surface area (Å²) in [6.45, 7) is 3.28. The van der Waals surface area contributed by atoms with Crippen molar-refractivity contribution in [1.29, 1.82) is 0 Å². The lowest BCUT2D eigenvalue weighted by molar-refractivity contribution is -0.137. The van der Waals surface area contributed by atoms with Gasteiger partial charge in [-0.25, -0.2) is 0 Å². The van der Waals surface area contributed by atoms with Gasteiger partial charge in [0.25, 0.3) is 0 Å². The molecule has 0 aliphatic carbocycles. The zero-order valence-corrected chi connectivity index (χ0v) is 14.0. The van der Waals surface area contributed by atoms with Crippen LogP contribution in [0.3, 0.4) is 0 Å². The quantitative estimate of drug-likeness (QED) is 0.842. The molecule has 2 aliphatic rings. The first-order valence-electron chi connectivity index (χ1n) is 8.73. The molecule has 1 aromatic carbocycles. The smallest absolute Gasteiger partial charge is 0.246 e. The van der Waals surface area contributed by atoms with E-state index in [4.69, 9.17) is 4.74 Å². The topological polar surface area (TPSA) is 85.2 Å². The van der Waals surface area contributed by atoms with E-state index in [1.807, 2.05) is 35.2 Å². The maximum atomic E-state index is 12.3. The van der Waals surface area contributed by atoms with E-state index in [-0.39, 0.29) is 12.5 Å². The second-order valence-corrected chi connectivity index (χ2v) is 6.56. The van der Waals surface area contributed by atoms with E-state index in [9.17, 15) is 4.79 Å². The molecule has 132 valence electrons. The maximum absolute atomic E-state index is 12.3. The summed E-state index contributed by atoms with van der Waals surface area (Å²) in [7, 11) is 0. The number of carbonyl (C=O) groups is 1. The molecular formula is C17H22N6O2. The summed E-state index contributed by atoms with van der Waals surface area (Å²) in [5.41, 5.74) is 0.894. The molecule has 2 aromatic rings. The third-order valence-corrected chi connectivity index (χ3v) is 4.69. The lowest BCUT2D eigenvalue weighted by atomic mass is 10.0. The summed E-state index contributed by atoms with van der Waals surface area (Å²) in [6, 6.07) is 10.5. The van der Waals surface area contributed by atoms with Crippen LogP contribution in [-0.2, 0) is 16.1 Å². The number of rotatable bonds is 5. The van der Waals surface area contributed by atoms with Crippen LogP contribution >= 0.6 is 0 Å². The molecule has 0 atom stereocenters. The number of benzene rings is 1. The van der Waals surface area contributed by atoms with Crippen LogP contribution in [0.15, 0.2) is 30.3 Å². The third kappa shape index (κ3) is 3.85. The van der Waals surface area contributed by atoms with Crippen LogP contribution in [0.5, 0.6) is 0 Å². The summed E-state index contributed by atoms with van der Waals surface area (Å²) in [6.07, 6.45) is 2.10. The van der Waals surface area contributed by atoms with E-state index in [1.165, 1.54) is 4.80 Å². The minimum absolute atomic E-state index is 0.0297. The van der Waals surface area contributed by atoms with Crippen LogP contribution in [0.2, 0.25) is 0 Å². The van der Waals surface area contributed by atoms with Crippen LogP contribution in [0, 0.1) is 0 Å². The van der Waals surface area contributed by atoms with Crippen molar-refractivity contribution < 1.29 is 9.53 Å². The Morgan fingerprint density at radius 1 is 1.16 bits per heavy atom. The fourth-order valence-electron chi connectivity index (χ4n) is 3.22. The lowest BCUT2D eigenvalue weighted by Crippen LogP contribution is -2.62. The summed E-state index contributed by atoms with van der Waals surface area (Å²) in [5, 5.41) is 15.9. The largest absolute Gasteiger partial charge is 0.381 e. The molecule has 0 unspecified atom stereocenters. The van der Waals surface area contributed by atoms with Crippen molar-refractivity contribution in [2.24, 2.45) is 0 Å². The molecule has 0 saturated carbocycles. The molecule has 0 radical (unpaired) electrons. The van der Waals surface area contributed by atoms with Crippen molar-refractivity contribution in [3.8, 4) is 11.4 Å². The summed E-state index contributed by atoms with van der Waals surface area (Å²) in [5.74, 6) is 0.568. The van der Waals surface area contributed by atoms with Crippen molar-refractivity contribution in [3.63, 3.8) is 0 Å². The first kappa shape index (κ1) is 16.2. The zero-order valence-electron chi connectivity index (χ0n) is 14.0. The summed E-state index contributed by atoms with van der Waals surface area (Å²) >= 11 is 0. The number of ether oxygens (including phenoxy) is 1. The predicted molar refractivity (Wildman–Crippen MR) is 90.6 cm³/mol. The predicted octanol–water partition coefficient (Wildman–Crippen LogP) is 0.320. The molecule has 4 rings (SSSR count). The minimum atomic E-state index is 0.0297. The average molecular weight is 342 g/mol. The molecule has 8 heteroatoms. The van der Waals surface area contributed by atoms with Gasteiger partial charge in [0.15, 0.2) is 0 Å². The molecular weight excluding hydrogens is 320 g/mol. The number of carbonyl (C=O) groups excluding carboxylic acids is 1. The molecule has 8 nitrogen and oxygen atoms in total. The van der Waals surface area contributed by atoms with Crippen LogP contribution in [-0.4, -0.2) is 69.4 Å². The van der Waals surface area contributed by atoms with E-state index < -0.39 is 0 Å². The molecule has 1 amide bonds. The van der Waals surface area contributed by atoms with E-state index >= 15 is 0 Å². The Bertz CT molecular complexity index is 707. The number of hydrogen-bond acceptors (Lipinski definition) is 6. The fraction of sp³-hybridized carbons (Fsp3) is 0.529. The highest BCUT2D eigenvalue weighted by molar-refractivity contribution is 5.76. The summed E-state index contributed by atoms with van der Waals surface area (Å²) in [4.78, 5) is 15.5. The van der Waals surface area contributed by atoms with Crippen molar-refractivity contribution in [1.82, 2.24) is 30.4 Å². The van der Waals surface area contributed by atoms with Gasteiger partial charge < -0.3 is 15.0 Å². The first-order valence-corrected chi connectivity index (χ1v) is 8.73. The molecule has 2 aliphatic heterocycles. The highest BCUT2D eigenvalue weighted by Crippen LogP contribution is 2.15. The van der Waals surface area contributed by atoms with E-state index in [0.29, 0.717) is 17.9 Å². The Morgan fingerprint density at radius 2 is 1.92 bits per heavy atom. The Kier molecular flexibility index (Phi) is 4.71. The van der Waals surface area contributed by atoms with Gasteiger partial charge in [-0.1, -0.05) is 30.3 Å². The van der Waals surface area contributed by atoms with Crippen molar-refractivity contribution >= 4 is 5.91 Å². The summed E-state index contributed by atoms with van der Waals surface area (Å²) < 4.78 is 5.37. The van der Waals surface area contributed by atoms with Crippen molar-refractivity contribution in [3.05, 3.63) is 30.3 Å². The number of likely N-dealkylation sites (tertiary alicyclic amines) is 1. The van der Waals surface area contributed by atoms with Crippen LogP contribution in [0.25, 0.3) is 11.4 Å². The monoisotopic (exact) mass is 342 g/mol. The standard InChI is InChI=1S/C17H22N6O2/c24-16(22-10-15(11-22)18-14-6-8-25-9-7-14)12-23-20-17(19-21-23)13-4-2-1-3-5-13/h1-5,14-15,18H,6-12H2. The highest BCUT2D eigenvalue weighted by Gasteiger charge is 2.32. The van der Waals surface area contributed by atoms with Crippen LogP contribution in [0.1, 0.15) is 12.8 Å². The van der Waals surface area contributed by atoms with Gasteiger partial charge in [0.05, 0.1) is 0 Å². The van der Waals surface area contributed by atoms with Gasteiger partial charge in [0, 0.05) is 44.0 Å². The second kappa shape index (κ2) is 7.28. The van der Waals surface area contributed by atoms with E-state index in [1.54, 1.807) is 0 Å². The van der Waals surface area contributed by atoms with Crippen LogP contribution in [0.4, 0.5) is 0 Å². The van der Waals surface area contributed by atoms with E-state index in [0.717, 1.165) is 44.7 Å². The van der Waals surface area contributed by atoms with Gasteiger partial charge in [-0.05, 0) is 18.1 Å². The highest BCUT2D eigenvalue weighted by atomic mass is 16.5. The fourth-order valence-corrected chi connectivity index (χ4v) is 3.22. The zero-order chi connectivity index (χ0) is 17.1. The first-order chi connectivity index (χ1) is 12.3. The molecule has 2 saturated heterocycles. The van der Waals surface area contributed by atoms with Gasteiger partial charge >= 0.3 is 0 Å². The Labute approximate surface area is 146 Å². The molecule has 3 heterocycles. The Morgan fingerprint density at radius 3 is 2.68 bits per heavy atom. The maximum Gasteiger partial charge on any atom is 0.246 e. The number of aromatic nitrogens is 4. The number of amides is 1. The van der Waals surface area contributed by atoms with Crippen LogP contribution < -0.4 is 5.32 Å². The number of hydrogen-bond donors (Lipinski definition) is 1.